The van der Waals surface area contributed by atoms with Gasteiger partial charge in [0.2, 0.25) is 0 Å². The molecule has 5 heteroatoms. The van der Waals surface area contributed by atoms with E-state index in [0.717, 1.165) is 23.7 Å². The molecule has 0 unspecified atom stereocenters. The van der Waals surface area contributed by atoms with Gasteiger partial charge in [0.1, 0.15) is 12.0 Å². The van der Waals surface area contributed by atoms with Gasteiger partial charge in [0.05, 0.1) is 18.2 Å². The molecule has 1 fully saturated rings. The molecule has 4 N–H and O–H groups in total. The molecular weight excluding hydrogens is 232 g/mol. The monoisotopic (exact) mass is 248 g/mol. The van der Waals surface area contributed by atoms with Crippen LogP contribution in [0, 0.1) is 0 Å². The molecule has 96 valence electrons. The number of ether oxygens (including phenoxy) is 1. The van der Waals surface area contributed by atoms with Crippen molar-refractivity contribution >= 4 is 16.6 Å². The number of benzene rings is 1. The van der Waals surface area contributed by atoms with Crippen LogP contribution < -0.4 is 5.73 Å². The molecule has 2 heterocycles. The number of phenols is 1. The number of hydrogen-bond acceptors (Lipinski definition) is 4. The van der Waals surface area contributed by atoms with Crippen LogP contribution in [0.5, 0.6) is 5.75 Å². The van der Waals surface area contributed by atoms with E-state index in [1.165, 1.54) is 0 Å². The summed E-state index contributed by atoms with van der Waals surface area (Å²) in [6, 6.07) is 5.14. The van der Waals surface area contributed by atoms with Crippen molar-refractivity contribution in [2.75, 3.05) is 12.3 Å². The lowest BCUT2D eigenvalue weighted by molar-refractivity contribution is -0.0202. The third kappa shape index (κ3) is 1.72. The van der Waals surface area contributed by atoms with Gasteiger partial charge >= 0.3 is 0 Å². The highest BCUT2D eigenvalue weighted by Crippen LogP contribution is 2.34. The van der Waals surface area contributed by atoms with Crippen LogP contribution in [-0.2, 0) is 4.74 Å². The number of aliphatic hydroxyl groups excluding tert-OH is 1. The molecular formula is C13H16N2O3. The Labute approximate surface area is 104 Å². The second-order valence-corrected chi connectivity index (χ2v) is 4.66. The molecule has 5 nitrogen and oxygen atoms in total. The SMILES string of the molecule is Nc1cc(O)cc2c1ccn2[C@@H]1CC[C@@H](CO)O1. The van der Waals surface area contributed by atoms with Crippen molar-refractivity contribution in [1.82, 2.24) is 4.57 Å². The lowest BCUT2D eigenvalue weighted by atomic mass is 10.2. The fourth-order valence-corrected chi connectivity index (χ4v) is 2.55. The quantitative estimate of drug-likeness (QED) is 0.705. The zero-order valence-electron chi connectivity index (χ0n) is 9.91. The highest BCUT2D eigenvalue weighted by Gasteiger charge is 2.26. The Morgan fingerprint density at radius 2 is 2.22 bits per heavy atom. The number of anilines is 1. The molecule has 0 saturated carbocycles. The number of aromatic hydroxyl groups is 1. The van der Waals surface area contributed by atoms with E-state index in [0.29, 0.717) is 5.69 Å². The molecule has 1 aliphatic rings. The maximum absolute atomic E-state index is 9.62. The second kappa shape index (κ2) is 4.19. The summed E-state index contributed by atoms with van der Waals surface area (Å²) in [7, 11) is 0. The minimum absolute atomic E-state index is 0.0447. The number of rotatable bonds is 2. The molecule has 0 bridgehead atoms. The summed E-state index contributed by atoms with van der Waals surface area (Å²) in [6.45, 7) is 0.0447. The summed E-state index contributed by atoms with van der Waals surface area (Å²) in [5.41, 5.74) is 7.28. The Kier molecular flexibility index (Phi) is 2.65. The van der Waals surface area contributed by atoms with Gasteiger partial charge in [-0.1, -0.05) is 0 Å². The average Bonchev–Trinajstić information content (AvgIpc) is 2.93. The highest BCUT2D eigenvalue weighted by molar-refractivity contribution is 5.92. The fourth-order valence-electron chi connectivity index (χ4n) is 2.55. The first-order valence-electron chi connectivity index (χ1n) is 6.04. The van der Waals surface area contributed by atoms with Gasteiger partial charge in [-0.15, -0.1) is 0 Å². The van der Waals surface area contributed by atoms with Crippen molar-refractivity contribution in [3.8, 4) is 5.75 Å². The Morgan fingerprint density at radius 3 is 2.94 bits per heavy atom. The first-order chi connectivity index (χ1) is 8.69. The average molecular weight is 248 g/mol. The zero-order chi connectivity index (χ0) is 12.7. The molecule has 2 aromatic rings. The third-order valence-electron chi connectivity index (χ3n) is 3.45. The predicted molar refractivity (Wildman–Crippen MR) is 68.2 cm³/mol. The Balaban J connectivity index is 2.03. The fraction of sp³-hybridized carbons (Fsp3) is 0.385. The van der Waals surface area contributed by atoms with Crippen molar-refractivity contribution < 1.29 is 14.9 Å². The number of aromatic nitrogens is 1. The number of nitrogens with zero attached hydrogens (tertiary/aromatic N) is 1. The van der Waals surface area contributed by atoms with Gasteiger partial charge in [-0.25, -0.2) is 0 Å². The van der Waals surface area contributed by atoms with Crippen LogP contribution in [0.1, 0.15) is 19.1 Å². The first-order valence-corrected chi connectivity index (χ1v) is 6.04. The summed E-state index contributed by atoms with van der Waals surface area (Å²) >= 11 is 0. The molecule has 1 aromatic carbocycles. The van der Waals surface area contributed by atoms with Crippen molar-refractivity contribution in [3.05, 3.63) is 24.4 Å². The summed E-state index contributed by atoms with van der Waals surface area (Å²) in [4.78, 5) is 0. The second-order valence-electron chi connectivity index (χ2n) is 4.66. The molecule has 1 aliphatic heterocycles. The van der Waals surface area contributed by atoms with Crippen LogP contribution in [0.25, 0.3) is 10.9 Å². The Bertz CT molecular complexity index is 579. The van der Waals surface area contributed by atoms with Gasteiger partial charge in [0, 0.05) is 29.4 Å². The Morgan fingerprint density at radius 1 is 1.39 bits per heavy atom. The van der Waals surface area contributed by atoms with E-state index in [1.807, 2.05) is 16.8 Å². The van der Waals surface area contributed by atoms with Gasteiger partial charge < -0.3 is 25.3 Å². The van der Waals surface area contributed by atoms with Crippen LogP contribution in [-0.4, -0.2) is 27.5 Å². The maximum Gasteiger partial charge on any atom is 0.134 e. The summed E-state index contributed by atoms with van der Waals surface area (Å²) in [5, 5.41) is 19.6. The van der Waals surface area contributed by atoms with Crippen molar-refractivity contribution in [1.29, 1.82) is 0 Å². The van der Waals surface area contributed by atoms with E-state index < -0.39 is 0 Å². The largest absolute Gasteiger partial charge is 0.508 e. The van der Waals surface area contributed by atoms with E-state index in [9.17, 15) is 5.11 Å². The molecule has 0 aliphatic carbocycles. The summed E-state index contributed by atoms with van der Waals surface area (Å²) < 4.78 is 7.69. The van der Waals surface area contributed by atoms with Crippen LogP contribution in [0.2, 0.25) is 0 Å². The van der Waals surface area contributed by atoms with Crippen LogP contribution in [0.15, 0.2) is 24.4 Å². The van der Waals surface area contributed by atoms with Gasteiger partial charge in [0.15, 0.2) is 0 Å². The molecule has 1 aromatic heterocycles. The van der Waals surface area contributed by atoms with E-state index in [2.05, 4.69) is 0 Å². The molecule has 0 amide bonds. The van der Waals surface area contributed by atoms with E-state index in [1.54, 1.807) is 12.1 Å². The molecule has 2 atom stereocenters. The lowest BCUT2D eigenvalue weighted by Gasteiger charge is -2.15. The summed E-state index contributed by atoms with van der Waals surface area (Å²) in [5.74, 6) is 0.150. The Hall–Kier alpha value is -1.72. The minimum atomic E-state index is -0.0964. The molecule has 0 radical (unpaired) electrons. The number of aliphatic hydroxyl groups is 1. The molecule has 18 heavy (non-hydrogen) atoms. The van der Waals surface area contributed by atoms with E-state index in [-0.39, 0.29) is 24.7 Å². The highest BCUT2D eigenvalue weighted by atomic mass is 16.5. The van der Waals surface area contributed by atoms with Crippen LogP contribution in [0.3, 0.4) is 0 Å². The van der Waals surface area contributed by atoms with Crippen LogP contribution in [0.4, 0.5) is 5.69 Å². The van der Waals surface area contributed by atoms with Crippen molar-refractivity contribution in [3.63, 3.8) is 0 Å². The standard InChI is InChI=1S/C13H16N2O3/c14-11-5-8(17)6-12-10(11)3-4-15(12)13-2-1-9(7-16)18-13/h3-6,9,13,16-17H,1-2,7,14H2/t9-,13-/m0/s1. The third-order valence-corrected chi connectivity index (χ3v) is 3.45. The van der Waals surface area contributed by atoms with Crippen molar-refractivity contribution in [2.24, 2.45) is 0 Å². The maximum atomic E-state index is 9.62. The number of nitrogens with two attached hydrogens (primary N) is 1. The first kappa shape index (κ1) is 11.4. The van der Waals surface area contributed by atoms with E-state index in [4.69, 9.17) is 15.6 Å². The summed E-state index contributed by atoms with van der Waals surface area (Å²) in [6.07, 6.45) is 3.41. The smallest absolute Gasteiger partial charge is 0.134 e. The van der Waals surface area contributed by atoms with E-state index >= 15 is 0 Å². The van der Waals surface area contributed by atoms with Gasteiger partial charge in [-0.2, -0.15) is 0 Å². The zero-order valence-corrected chi connectivity index (χ0v) is 9.91. The number of hydrogen-bond donors (Lipinski definition) is 3. The van der Waals surface area contributed by atoms with Gasteiger partial charge in [-0.3, -0.25) is 0 Å². The van der Waals surface area contributed by atoms with Crippen molar-refractivity contribution in [2.45, 2.75) is 25.2 Å². The van der Waals surface area contributed by atoms with Gasteiger partial charge in [-0.05, 0) is 18.9 Å². The molecule has 3 rings (SSSR count). The lowest BCUT2D eigenvalue weighted by Crippen LogP contribution is -2.13. The molecule has 0 spiro atoms. The molecule has 1 saturated heterocycles. The topological polar surface area (TPSA) is 80.6 Å². The number of phenolic OH excluding ortho intramolecular Hbond substituents is 1. The number of nitrogen functional groups attached to an aromatic ring is 1. The predicted octanol–water partition coefficient (Wildman–Crippen LogP) is 1.60. The van der Waals surface area contributed by atoms with Gasteiger partial charge in [0.25, 0.3) is 0 Å². The number of fused-ring (bicyclic) bond motifs is 1. The minimum Gasteiger partial charge on any atom is -0.508 e. The van der Waals surface area contributed by atoms with Crippen LogP contribution >= 0.6 is 0 Å². The normalized spacial score (nSPS) is 23.8.